The van der Waals surface area contributed by atoms with Gasteiger partial charge in [0.1, 0.15) is 6.10 Å². The van der Waals surface area contributed by atoms with Crippen LogP contribution in [-0.4, -0.2) is 23.1 Å². The van der Waals surface area contributed by atoms with E-state index in [9.17, 15) is 14.7 Å². The quantitative estimate of drug-likeness (QED) is 0.0985. The molecule has 4 heteroatoms. The summed E-state index contributed by atoms with van der Waals surface area (Å²) in [4.78, 5) is 25.0. The Kier molecular flexibility index (Phi) is 17.1. The van der Waals surface area contributed by atoms with E-state index in [2.05, 4.69) is 20.8 Å². The topological polar surface area (TPSA) is 63.6 Å². The molecule has 1 aliphatic carbocycles. The third kappa shape index (κ3) is 13.5. The highest BCUT2D eigenvalue weighted by Gasteiger charge is 2.46. The van der Waals surface area contributed by atoms with Crippen molar-refractivity contribution in [3.63, 3.8) is 0 Å². The standard InChI is InChI=1S/C31H56O4/c1-5-6-7-8-9-10-11-12-13-17-22-27(23-18-15-14-16-21-26(2)3)35-30(34)31(4)25-20-19-24-28(31)29(32)33/h20,25-28H,5-19,21-24H2,1-4H3,(H,32,33). The fourth-order valence-corrected chi connectivity index (χ4v) is 5.28. The van der Waals surface area contributed by atoms with Gasteiger partial charge >= 0.3 is 11.9 Å². The van der Waals surface area contributed by atoms with E-state index in [4.69, 9.17) is 4.74 Å². The maximum absolute atomic E-state index is 13.2. The van der Waals surface area contributed by atoms with Crippen LogP contribution in [0, 0.1) is 17.3 Å². The summed E-state index contributed by atoms with van der Waals surface area (Å²) in [6.45, 7) is 8.54. The Bertz CT molecular complexity index is 597. The molecule has 4 nitrogen and oxygen atoms in total. The van der Waals surface area contributed by atoms with Crippen LogP contribution in [0.1, 0.15) is 150 Å². The van der Waals surface area contributed by atoms with Crippen LogP contribution in [0.4, 0.5) is 0 Å². The molecule has 0 aromatic rings. The van der Waals surface area contributed by atoms with E-state index in [1.54, 1.807) is 13.0 Å². The smallest absolute Gasteiger partial charge is 0.316 e. The van der Waals surface area contributed by atoms with Crippen LogP contribution in [0.15, 0.2) is 12.2 Å². The first-order valence-corrected chi connectivity index (χ1v) is 14.9. The molecule has 0 radical (unpaired) electrons. The molecule has 1 rings (SSSR count). The van der Waals surface area contributed by atoms with Crippen molar-refractivity contribution in [2.24, 2.45) is 17.3 Å². The van der Waals surface area contributed by atoms with Crippen LogP contribution < -0.4 is 0 Å². The average Bonchev–Trinajstić information content (AvgIpc) is 2.82. The Morgan fingerprint density at radius 3 is 1.83 bits per heavy atom. The van der Waals surface area contributed by atoms with E-state index >= 15 is 0 Å². The van der Waals surface area contributed by atoms with Crippen LogP contribution in [0.2, 0.25) is 0 Å². The lowest BCUT2D eigenvalue weighted by molar-refractivity contribution is -0.168. The number of aliphatic carboxylic acids is 1. The van der Waals surface area contributed by atoms with E-state index in [1.807, 2.05) is 6.08 Å². The van der Waals surface area contributed by atoms with Gasteiger partial charge in [-0.1, -0.05) is 116 Å². The number of ether oxygens (including phenoxy) is 1. The zero-order valence-corrected chi connectivity index (χ0v) is 23.5. The number of carbonyl (C=O) groups excluding carboxylic acids is 1. The molecule has 35 heavy (non-hydrogen) atoms. The van der Waals surface area contributed by atoms with E-state index in [-0.39, 0.29) is 12.1 Å². The molecule has 3 atom stereocenters. The first-order chi connectivity index (χ1) is 16.8. The molecule has 0 fully saturated rings. The van der Waals surface area contributed by atoms with Crippen molar-refractivity contribution in [2.75, 3.05) is 0 Å². The Labute approximate surface area is 216 Å². The Hall–Kier alpha value is -1.32. The normalized spacial score (nSPS) is 20.8. The first kappa shape index (κ1) is 31.7. The van der Waals surface area contributed by atoms with Gasteiger partial charge in [-0.05, 0) is 51.4 Å². The minimum atomic E-state index is -1.06. The lowest BCUT2D eigenvalue weighted by Crippen LogP contribution is -2.42. The van der Waals surface area contributed by atoms with E-state index in [0.29, 0.717) is 12.8 Å². The van der Waals surface area contributed by atoms with Crippen molar-refractivity contribution in [3.05, 3.63) is 12.2 Å². The highest BCUT2D eigenvalue weighted by Crippen LogP contribution is 2.38. The van der Waals surface area contributed by atoms with Gasteiger partial charge in [-0.2, -0.15) is 0 Å². The number of rotatable bonds is 21. The number of carbonyl (C=O) groups is 2. The van der Waals surface area contributed by atoms with Gasteiger partial charge in [-0.15, -0.1) is 0 Å². The van der Waals surface area contributed by atoms with Gasteiger partial charge in [-0.3, -0.25) is 9.59 Å². The van der Waals surface area contributed by atoms with Gasteiger partial charge < -0.3 is 9.84 Å². The van der Waals surface area contributed by atoms with Crippen LogP contribution in [-0.2, 0) is 14.3 Å². The maximum atomic E-state index is 13.2. The van der Waals surface area contributed by atoms with Gasteiger partial charge in [0.05, 0.1) is 11.3 Å². The number of hydrogen-bond donors (Lipinski definition) is 1. The zero-order valence-electron chi connectivity index (χ0n) is 23.5. The van der Waals surface area contributed by atoms with Crippen LogP contribution in [0.5, 0.6) is 0 Å². The predicted octanol–water partition coefficient (Wildman–Crippen LogP) is 9.26. The first-order valence-electron chi connectivity index (χ1n) is 14.9. The second-order valence-electron chi connectivity index (χ2n) is 11.5. The highest BCUT2D eigenvalue weighted by molar-refractivity contribution is 5.86. The van der Waals surface area contributed by atoms with E-state index in [0.717, 1.165) is 31.6 Å². The molecule has 0 saturated heterocycles. The van der Waals surface area contributed by atoms with Crippen LogP contribution in [0.25, 0.3) is 0 Å². The molecule has 0 heterocycles. The molecule has 0 spiro atoms. The number of hydrogen-bond acceptors (Lipinski definition) is 3. The average molecular weight is 493 g/mol. The monoisotopic (exact) mass is 492 g/mol. The molecule has 0 aliphatic heterocycles. The van der Waals surface area contributed by atoms with Crippen LogP contribution in [0.3, 0.4) is 0 Å². The molecule has 0 aromatic heterocycles. The molecule has 0 aromatic carbocycles. The van der Waals surface area contributed by atoms with Gasteiger partial charge in [-0.25, -0.2) is 0 Å². The minimum Gasteiger partial charge on any atom is -0.481 e. The van der Waals surface area contributed by atoms with Crippen molar-refractivity contribution in [2.45, 2.75) is 156 Å². The summed E-state index contributed by atoms with van der Waals surface area (Å²) in [5, 5.41) is 9.68. The van der Waals surface area contributed by atoms with Gasteiger partial charge in [0, 0.05) is 0 Å². The molecule has 0 saturated carbocycles. The summed E-state index contributed by atoms with van der Waals surface area (Å²) in [5.74, 6) is -1.19. The minimum absolute atomic E-state index is 0.0942. The molecule has 0 amide bonds. The highest BCUT2D eigenvalue weighted by atomic mass is 16.5. The van der Waals surface area contributed by atoms with Gasteiger partial charge in [0.15, 0.2) is 0 Å². The summed E-state index contributed by atoms with van der Waals surface area (Å²) in [6, 6.07) is 0. The fraction of sp³-hybridized carbons (Fsp3) is 0.871. The fourth-order valence-electron chi connectivity index (χ4n) is 5.28. The number of carboxylic acid groups (broad SMARTS) is 1. The van der Waals surface area contributed by atoms with Crippen molar-refractivity contribution in [1.82, 2.24) is 0 Å². The predicted molar refractivity (Wildman–Crippen MR) is 146 cm³/mol. The number of esters is 1. The summed E-state index contributed by atoms with van der Waals surface area (Å²) < 4.78 is 6.05. The molecular formula is C31H56O4. The summed E-state index contributed by atoms with van der Waals surface area (Å²) in [6.07, 6.45) is 25.6. The molecule has 3 unspecified atom stereocenters. The third-order valence-corrected chi connectivity index (χ3v) is 7.76. The number of allylic oxidation sites excluding steroid dienone is 1. The molecule has 0 bridgehead atoms. The number of carboxylic acids is 1. The Morgan fingerprint density at radius 2 is 1.34 bits per heavy atom. The van der Waals surface area contributed by atoms with Crippen molar-refractivity contribution in [1.29, 1.82) is 0 Å². The summed E-state index contributed by atoms with van der Waals surface area (Å²) in [7, 11) is 0. The maximum Gasteiger partial charge on any atom is 0.316 e. The van der Waals surface area contributed by atoms with Crippen molar-refractivity contribution < 1.29 is 19.4 Å². The largest absolute Gasteiger partial charge is 0.481 e. The molecule has 1 N–H and O–H groups in total. The molecular weight excluding hydrogens is 436 g/mol. The number of unbranched alkanes of at least 4 members (excludes halogenated alkanes) is 12. The Morgan fingerprint density at radius 1 is 0.857 bits per heavy atom. The Balaban J connectivity index is 2.49. The molecule has 1 aliphatic rings. The van der Waals surface area contributed by atoms with Crippen molar-refractivity contribution in [3.8, 4) is 0 Å². The van der Waals surface area contributed by atoms with Gasteiger partial charge in [0.2, 0.25) is 0 Å². The lowest BCUT2D eigenvalue weighted by Gasteiger charge is -2.34. The molecule has 204 valence electrons. The van der Waals surface area contributed by atoms with E-state index in [1.165, 1.54) is 83.5 Å². The van der Waals surface area contributed by atoms with E-state index < -0.39 is 17.3 Å². The summed E-state index contributed by atoms with van der Waals surface area (Å²) in [5.41, 5.74) is -1.06. The third-order valence-electron chi connectivity index (χ3n) is 7.76. The lowest BCUT2D eigenvalue weighted by atomic mass is 9.71. The second-order valence-corrected chi connectivity index (χ2v) is 11.5. The zero-order chi connectivity index (χ0) is 25.9. The van der Waals surface area contributed by atoms with Crippen molar-refractivity contribution >= 4 is 11.9 Å². The second kappa shape index (κ2) is 18.9. The SMILES string of the molecule is CCCCCCCCCCCCC(CCCCCCC(C)C)OC(=O)C1(C)C=CCCC1C(=O)O. The van der Waals surface area contributed by atoms with Gasteiger partial charge in [0.25, 0.3) is 0 Å². The van der Waals surface area contributed by atoms with Crippen LogP contribution >= 0.6 is 0 Å². The summed E-state index contributed by atoms with van der Waals surface area (Å²) >= 11 is 0.